The molecule has 130 valence electrons. The SMILES string of the molecule is O=C([C@H]1C[C@@H]1c1cccc(Cl)c1)N1CCN(Cc2cccnc2)CC1. The molecular weight excluding hydrogens is 334 g/mol. The normalized spacial score (nSPS) is 23.5. The van der Waals surface area contributed by atoms with Crippen molar-refractivity contribution in [3.05, 3.63) is 64.9 Å². The standard InChI is InChI=1S/C20H22ClN3O/c21-17-5-1-4-16(11-17)18-12-19(18)20(25)24-9-7-23(8-10-24)14-15-3-2-6-22-13-15/h1-6,11,13,18-19H,7-10,12,14H2/t18-,19+/m1/s1. The van der Waals surface area contributed by atoms with Gasteiger partial charge in [0.25, 0.3) is 0 Å². The van der Waals surface area contributed by atoms with E-state index in [1.54, 1.807) is 6.20 Å². The lowest BCUT2D eigenvalue weighted by Gasteiger charge is -2.35. The quantitative estimate of drug-likeness (QED) is 0.845. The molecule has 0 N–H and O–H groups in total. The summed E-state index contributed by atoms with van der Waals surface area (Å²) in [6, 6.07) is 12.0. The van der Waals surface area contributed by atoms with Crippen molar-refractivity contribution in [3.63, 3.8) is 0 Å². The third kappa shape index (κ3) is 3.86. The molecular formula is C20H22ClN3O. The molecule has 0 spiro atoms. The molecule has 0 unspecified atom stereocenters. The fourth-order valence-electron chi connectivity index (χ4n) is 3.68. The number of halogens is 1. The largest absolute Gasteiger partial charge is 0.340 e. The lowest BCUT2D eigenvalue weighted by Crippen LogP contribution is -2.48. The van der Waals surface area contributed by atoms with Crippen LogP contribution < -0.4 is 0 Å². The number of carbonyl (C=O) groups excluding carboxylic acids is 1. The third-order valence-corrected chi connectivity index (χ3v) is 5.43. The van der Waals surface area contributed by atoms with Crippen molar-refractivity contribution in [3.8, 4) is 0 Å². The number of hydrogen-bond acceptors (Lipinski definition) is 3. The van der Waals surface area contributed by atoms with Gasteiger partial charge in [-0.05, 0) is 41.7 Å². The number of benzene rings is 1. The minimum absolute atomic E-state index is 0.142. The molecule has 1 amide bonds. The van der Waals surface area contributed by atoms with Crippen LogP contribution in [0.5, 0.6) is 0 Å². The van der Waals surface area contributed by atoms with Gasteiger partial charge in [-0.25, -0.2) is 0 Å². The van der Waals surface area contributed by atoms with Gasteiger partial charge < -0.3 is 4.90 Å². The van der Waals surface area contributed by atoms with Gasteiger partial charge in [-0.2, -0.15) is 0 Å². The molecule has 2 fully saturated rings. The Labute approximate surface area is 153 Å². The second-order valence-electron chi connectivity index (χ2n) is 6.97. The first kappa shape index (κ1) is 16.6. The highest BCUT2D eigenvalue weighted by Crippen LogP contribution is 2.48. The second kappa shape index (κ2) is 7.14. The maximum absolute atomic E-state index is 12.8. The Balaban J connectivity index is 1.29. The van der Waals surface area contributed by atoms with Crippen LogP contribution in [0.3, 0.4) is 0 Å². The van der Waals surface area contributed by atoms with Crippen LogP contribution in [0.15, 0.2) is 48.8 Å². The molecule has 1 aromatic carbocycles. The van der Waals surface area contributed by atoms with Crippen molar-refractivity contribution in [1.82, 2.24) is 14.8 Å². The Kier molecular flexibility index (Phi) is 4.73. The second-order valence-corrected chi connectivity index (χ2v) is 7.40. The van der Waals surface area contributed by atoms with Crippen molar-refractivity contribution >= 4 is 17.5 Å². The molecule has 1 aliphatic carbocycles. The zero-order chi connectivity index (χ0) is 17.2. The molecule has 25 heavy (non-hydrogen) atoms. The molecule has 2 aliphatic rings. The first-order valence-electron chi connectivity index (χ1n) is 8.86. The molecule has 0 radical (unpaired) electrons. The van der Waals surface area contributed by atoms with Crippen LogP contribution in [0.2, 0.25) is 5.02 Å². The number of rotatable bonds is 4. The molecule has 1 aliphatic heterocycles. The molecule has 0 bridgehead atoms. The predicted molar refractivity (Wildman–Crippen MR) is 98.4 cm³/mol. The molecule has 2 heterocycles. The van der Waals surface area contributed by atoms with E-state index in [2.05, 4.69) is 22.0 Å². The average Bonchev–Trinajstić information content (AvgIpc) is 3.43. The van der Waals surface area contributed by atoms with Crippen molar-refractivity contribution in [2.24, 2.45) is 5.92 Å². The summed E-state index contributed by atoms with van der Waals surface area (Å²) in [4.78, 5) is 21.4. The van der Waals surface area contributed by atoms with Crippen LogP contribution >= 0.6 is 11.6 Å². The van der Waals surface area contributed by atoms with E-state index in [1.165, 1.54) is 11.1 Å². The lowest BCUT2D eigenvalue weighted by atomic mass is 10.1. The summed E-state index contributed by atoms with van der Waals surface area (Å²) in [5.41, 5.74) is 2.42. The Morgan fingerprint density at radius 2 is 2.00 bits per heavy atom. The van der Waals surface area contributed by atoms with Gasteiger partial charge in [0.2, 0.25) is 5.91 Å². The van der Waals surface area contributed by atoms with Crippen LogP contribution in [0.4, 0.5) is 0 Å². The summed E-state index contributed by atoms with van der Waals surface area (Å²) in [5, 5.41) is 0.750. The lowest BCUT2D eigenvalue weighted by molar-refractivity contribution is -0.134. The van der Waals surface area contributed by atoms with E-state index in [1.807, 2.05) is 35.4 Å². The molecule has 1 aromatic heterocycles. The highest BCUT2D eigenvalue weighted by atomic mass is 35.5. The van der Waals surface area contributed by atoms with E-state index < -0.39 is 0 Å². The number of carbonyl (C=O) groups is 1. The molecule has 1 saturated carbocycles. The van der Waals surface area contributed by atoms with Crippen LogP contribution in [-0.4, -0.2) is 46.9 Å². The van der Waals surface area contributed by atoms with E-state index >= 15 is 0 Å². The van der Waals surface area contributed by atoms with Crippen LogP contribution in [0, 0.1) is 5.92 Å². The molecule has 5 heteroatoms. The van der Waals surface area contributed by atoms with E-state index in [0.717, 1.165) is 44.2 Å². The molecule has 4 rings (SSSR count). The number of aromatic nitrogens is 1. The Morgan fingerprint density at radius 3 is 2.72 bits per heavy atom. The molecule has 4 nitrogen and oxygen atoms in total. The first-order valence-corrected chi connectivity index (χ1v) is 9.24. The maximum Gasteiger partial charge on any atom is 0.226 e. The molecule has 1 saturated heterocycles. The number of nitrogens with zero attached hydrogens (tertiary/aromatic N) is 3. The molecule has 2 atom stereocenters. The Hall–Kier alpha value is -1.91. The van der Waals surface area contributed by atoms with Gasteiger partial charge in [0.15, 0.2) is 0 Å². The highest BCUT2D eigenvalue weighted by molar-refractivity contribution is 6.30. The topological polar surface area (TPSA) is 36.4 Å². The smallest absolute Gasteiger partial charge is 0.226 e. The zero-order valence-corrected chi connectivity index (χ0v) is 14.9. The highest BCUT2D eigenvalue weighted by Gasteiger charge is 2.46. The minimum atomic E-state index is 0.142. The molecule has 2 aromatic rings. The van der Waals surface area contributed by atoms with Gasteiger partial charge in [-0.1, -0.05) is 29.8 Å². The summed E-state index contributed by atoms with van der Waals surface area (Å²) in [6.45, 7) is 4.39. The first-order chi connectivity index (χ1) is 12.2. The number of amides is 1. The van der Waals surface area contributed by atoms with Crippen molar-refractivity contribution in [1.29, 1.82) is 0 Å². The number of pyridine rings is 1. The summed E-state index contributed by atoms with van der Waals surface area (Å²) >= 11 is 6.07. The van der Waals surface area contributed by atoms with Crippen molar-refractivity contribution < 1.29 is 4.79 Å². The van der Waals surface area contributed by atoms with Gasteiger partial charge in [0, 0.05) is 56.1 Å². The van der Waals surface area contributed by atoms with E-state index in [4.69, 9.17) is 11.6 Å². The zero-order valence-electron chi connectivity index (χ0n) is 14.1. The number of piperazine rings is 1. The van der Waals surface area contributed by atoms with Gasteiger partial charge in [0.05, 0.1) is 0 Å². The Morgan fingerprint density at radius 1 is 1.16 bits per heavy atom. The van der Waals surface area contributed by atoms with Crippen molar-refractivity contribution in [2.75, 3.05) is 26.2 Å². The van der Waals surface area contributed by atoms with Gasteiger partial charge in [0.1, 0.15) is 0 Å². The summed E-state index contributed by atoms with van der Waals surface area (Å²) in [6.07, 6.45) is 4.67. The van der Waals surface area contributed by atoms with Crippen LogP contribution in [0.25, 0.3) is 0 Å². The third-order valence-electron chi connectivity index (χ3n) is 5.20. The van der Waals surface area contributed by atoms with E-state index in [-0.39, 0.29) is 5.92 Å². The van der Waals surface area contributed by atoms with Gasteiger partial charge >= 0.3 is 0 Å². The summed E-state index contributed by atoms with van der Waals surface area (Å²) in [5.74, 6) is 0.800. The fraction of sp³-hybridized carbons (Fsp3) is 0.400. The van der Waals surface area contributed by atoms with Crippen LogP contribution in [0.1, 0.15) is 23.5 Å². The van der Waals surface area contributed by atoms with E-state index in [9.17, 15) is 4.79 Å². The monoisotopic (exact) mass is 355 g/mol. The van der Waals surface area contributed by atoms with E-state index in [0.29, 0.717) is 11.8 Å². The summed E-state index contributed by atoms with van der Waals surface area (Å²) in [7, 11) is 0. The van der Waals surface area contributed by atoms with Crippen molar-refractivity contribution in [2.45, 2.75) is 18.9 Å². The average molecular weight is 356 g/mol. The summed E-state index contributed by atoms with van der Waals surface area (Å²) < 4.78 is 0. The Bertz CT molecular complexity index is 744. The minimum Gasteiger partial charge on any atom is -0.340 e. The van der Waals surface area contributed by atoms with Crippen LogP contribution in [-0.2, 0) is 11.3 Å². The fourth-order valence-corrected chi connectivity index (χ4v) is 3.88. The van der Waals surface area contributed by atoms with Gasteiger partial charge in [-0.15, -0.1) is 0 Å². The number of hydrogen-bond donors (Lipinski definition) is 0. The predicted octanol–water partition coefficient (Wildman–Crippen LogP) is 3.18. The maximum atomic E-state index is 12.8. The van der Waals surface area contributed by atoms with Gasteiger partial charge in [-0.3, -0.25) is 14.7 Å².